The van der Waals surface area contributed by atoms with Crippen LogP contribution in [0.4, 0.5) is 5.13 Å². The average Bonchev–Trinajstić information content (AvgIpc) is 2.67. The summed E-state index contributed by atoms with van der Waals surface area (Å²) in [5.41, 5.74) is 7.29. The van der Waals surface area contributed by atoms with Crippen molar-refractivity contribution < 1.29 is 4.79 Å². The molecule has 1 heterocycles. The third kappa shape index (κ3) is 2.61. The second-order valence-electron chi connectivity index (χ2n) is 6.35. The molecular formula is C15H23N3OS. The molecule has 1 aromatic heterocycles. The molecule has 1 amide bonds. The van der Waals surface area contributed by atoms with Gasteiger partial charge in [0.1, 0.15) is 0 Å². The summed E-state index contributed by atoms with van der Waals surface area (Å²) < 4.78 is 0. The van der Waals surface area contributed by atoms with Gasteiger partial charge >= 0.3 is 0 Å². The smallest absolute Gasteiger partial charge is 0.229 e. The number of nitrogens with one attached hydrogen (secondary N) is 1. The van der Waals surface area contributed by atoms with E-state index < -0.39 is 0 Å². The van der Waals surface area contributed by atoms with E-state index in [-0.39, 0.29) is 11.8 Å². The highest BCUT2D eigenvalue weighted by molar-refractivity contribution is 7.15. The fourth-order valence-electron chi connectivity index (χ4n) is 3.74. The Morgan fingerprint density at radius 2 is 1.95 bits per heavy atom. The summed E-state index contributed by atoms with van der Waals surface area (Å²) in [6.45, 7) is 4.01. The fraction of sp³-hybridized carbons (Fsp3) is 0.733. The lowest BCUT2D eigenvalue weighted by Crippen LogP contribution is -2.48. The average molecular weight is 293 g/mol. The van der Waals surface area contributed by atoms with Gasteiger partial charge < -0.3 is 11.1 Å². The highest BCUT2D eigenvalue weighted by Crippen LogP contribution is 2.42. The summed E-state index contributed by atoms with van der Waals surface area (Å²) in [4.78, 5) is 18.0. The topological polar surface area (TPSA) is 68.0 Å². The summed E-state index contributed by atoms with van der Waals surface area (Å²) in [5.74, 6) is 1.34. The third-order valence-electron chi connectivity index (χ3n) is 5.04. The number of carbonyl (C=O) groups is 1. The van der Waals surface area contributed by atoms with Crippen molar-refractivity contribution >= 4 is 22.4 Å². The van der Waals surface area contributed by atoms with Crippen molar-refractivity contribution in [3.63, 3.8) is 0 Å². The molecule has 0 saturated heterocycles. The van der Waals surface area contributed by atoms with Crippen molar-refractivity contribution in [3.8, 4) is 0 Å². The van der Waals surface area contributed by atoms with E-state index in [0.29, 0.717) is 17.9 Å². The minimum atomic E-state index is 0.120. The molecule has 2 aliphatic carbocycles. The van der Waals surface area contributed by atoms with Crippen molar-refractivity contribution in [2.24, 2.45) is 23.5 Å². The molecule has 2 unspecified atom stereocenters. The van der Waals surface area contributed by atoms with Gasteiger partial charge in [0.05, 0.1) is 5.69 Å². The Labute approximate surface area is 124 Å². The summed E-state index contributed by atoms with van der Waals surface area (Å²) in [7, 11) is 0. The van der Waals surface area contributed by atoms with E-state index in [4.69, 9.17) is 5.73 Å². The number of nitrogens with zero attached hydrogens (tertiary/aromatic N) is 1. The SMILES string of the molecule is Cc1nc(NC(=O)C2CC3CCCC(C2)C3N)sc1C. The highest BCUT2D eigenvalue weighted by atomic mass is 32.1. The fourth-order valence-corrected chi connectivity index (χ4v) is 4.55. The Bertz CT molecular complexity index is 480. The quantitative estimate of drug-likeness (QED) is 0.881. The molecule has 3 N–H and O–H groups in total. The maximum Gasteiger partial charge on any atom is 0.229 e. The number of nitrogens with two attached hydrogens (primary N) is 1. The lowest BCUT2D eigenvalue weighted by molar-refractivity contribution is -0.122. The van der Waals surface area contributed by atoms with Gasteiger partial charge in [0.2, 0.25) is 5.91 Å². The lowest BCUT2D eigenvalue weighted by Gasteiger charge is -2.43. The normalized spacial score (nSPS) is 33.0. The first-order chi connectivity index (χ1) is 9.54. The maximum absolute atomic E-state index is 12.4. The minimum Gasteiger partial charge on any atom is -0.327 e. The number of thiazole rings is 1. The Morgan fingerprint density at radius 1 is 1.30 bits per heavy atom. The second-order valence-corrected chi connectivity index (χ2v) is 7.55. The van der Waals surface area contributed by atoms with Crippen LogP contribution in [0.3, 0.4) is 0 Å². The third-order valence-corrected chi connectivity index (χ3v) is 6.03. The monoisotopic (exact) mass is 293 g/mol. The van der Waals surface area contributed by atoms with Gasteiger partial charge in [-0.3, -0.25) is 4.79 Å². The van der Waals surface area contributed by atoms with E-state index in [1.165, 1.54) is 24.1 Å². The molecule has 2 atom stereocenters. The largest absolute Gasteiger partial charge is 0.327 e. The first-order valence-corrected chi connectivity index (χ1v) is 8.36. The van der Waals surface area contributed by atoms with Crippen molar-refractivity contribution in [3.05, 3.63) is 10.6 Å². The number of rotatable bonds is 2. The zero-order valence-corrected chi connectivity index (χ0v) is 13.0. The standard InChI is InChI=1S/C15H23N3OS/c1-8-9(2)20-15(17-8)18-14(19)12-6-10-4-3-5-11(7-12)13(10)16/h10-13H,3-7,16H2,1-2H3,(H,17,18,19). The van der Waals surface area contributed by atoms with Gasteiger partial charge in [-0.2, -0.15) is 0 Å². The number of amides is 1. The van der Waals surface area contributed by atoms with Crippen molar-refractivity contribution in [2.75, 3.05) is 5.32 Å². The van der Waals surface area contributed by atoms with Gasteiger partial charge in [0.15, 0.2) is 5.13 Å². The predicted octanol–water partition coefficient (Wildman–Crippen LogP) is 2.85. The molecule has 110 valence electrons. The lowest BCUT2D eigenvalue weighted by atomic mass is 9.65. The Kier molecular flexibility index (Phi) is 3.82. The molecule has 0 radical (unpaired) electrons. The number of anilines is 1. The molecule has 5 heteroatoms. The molecule has 2 aliphatic rings. The van der Waals surface area contributed by atoms with E-state index >= 15 is 0 Å². The first-order valence-electron chi connectivity index (χ1n) is 7.55. The van der Waals surface area contributed by atoms with Gasteiger partial charge in [-0.05, 0) is 51.4 Å². The summed E-state index contributed by atoms with van der Waals surface area (Å²) in [6, 6.07) is 0.317. The van der Waals surface area contributed by atoms with Gasteiger partial charge in [-0.15, -0.1) is 11.3 Å². The van der Waals surface area contributed by atoms with Crippen molar-refractivity contribution in [1.29, 1.82) is 0 Å². The molecule has 0 spiro atoms. The maximum atomic E-state index is 12.4. The molecule has 2 saturated carbocycles. The molecule has 1 aromatic rings. The zero-order chi connectivity index (χ0) is 14.3. The van der Waals surface area contributed by atoms with Crippen LogP contribution >= 0.6 is 11.3 Å². The van der Waals surface area contributed by atoms with Crippen LogP contribution in [-0.4, -0.2) is 16.9 Å². The summed E-state index contributed by atoms with van der Waals surface area (Å²) in [6.07, 6.45) is 5.57. The summed E-state index contributed by atoms with van der Waals surface area (Å²) >= 11 is 1.56. The van der Waals surface area contributed by atoms with Crippen LogP contribution in [0.15, 0.2) is 0 Å². The molecule has 0 aliphatic heterocycles. The Hall–Kier alpha value is -0.940. The highest BCUT2D eigenvalue weighted by Gasteiger charge is 2.40. The molecular weight excluding hydrogens is 270 g/mol. The van der Waals surface area contributed by atoms with E-state index in [1.54, 1.807) is 11.3 Å². The van der Waals surface area contributed by atoms with Gasteiger partial charge in [-0.25, -0.2) is 4.98 Å². The number of hydrogen-bond donors (Lipinski definition) is 2. The van der Waals surface area contributed by atoms with Crippen LogP contribution in [0.5, 0.6) is 0 Å². The Balaban J connectivity index is 1.66. The number of aryl methyl sites for hydroxylation is 2. The van der Waals surface area contributed by atoms with Crippen LogP contribution in [0, 0.1) is 31.6 Å². The Morgan fingerprint density at radius 3 is 2.50 bits per heavy atom. The van der Waals surface area contributed by atoms with Crippen LogP contribution < -0.4 is 11.1 Å². The molecule has 0 aromatic carbocycles. The van der Waals surface area contributed by atoms with E-state index in [0.717, 1.165) is 23.7 Å². The number of aromatic nitrogens is 1. The molecule has 20 heavy (non-hydrogen) atoms. The summed E-state index contributed by atoms with van der Waals surface area (Å²) in [5, 5.41) is 3.75. The van der Waals surface area contributed by atoms with Gasteiger partial charge in [0, 0.05) is 16.8 Å². The van der Waals surface area contributed by atoms with E-state index in [1.807, 2.05) is 13.8 Å². The zero-order valence-electron chi connectivity index (χ0n) is 12.2. The van der Waals surface area contributed by atoms with E-state index in [2.05, 4.69) is 10.3 Å². The number of hydrogen-bond acceptors (Lipinski definition) is 4. The van der Waals surface area contributed by atoms with Crippen molar-refractivity contribution in [1.82, 2.24) is 4.98 Å². The number of fused-ring (bicyclic) bond motifs is 2. The molecule has 3 rings (SSSR count). The molecule has 2 fully saturated rings. The molecule has 4 nitrogen and oxygen atoms in total. The van der Waals surface area contributed by atoms with E-state index in [9.17, 15) is 4.79 Å². The predicted molar refractivity (Wildman–Crippen MR) is 81.7 cm³/mol. The van der Waals surface area contributed by atoms with Crippen LogP contribution in [0.2, 0.25) is 0 Å². The van der Waals surface area contributed by atoms with Crippen LogP contribution in [0.1, 0.15) is 42.7 Å². The molecule has 2 bridgehead atoms. The van der Waals surface area contributed by atoms with Gasteiger partial charge in [0.25, 0.3) is 0 Å². The van der Waals surface area contributed by atoms with Crippen LogP contribution in [-0.2, 0) is 4.79 Å². The number of carbonyl (C=O) groups excluding carboxylic acids is 1. The second kappa shape index (κ2) is 5.45. The van der Waals surface area contributed by atoms with Crippen molar-refractivity contribution in [2.45, 2.75) is 52.0 Å². The van der Waals surface area contributed by atoms with Crippen LogP contribution in [0.25, 0.3) is 0 Å². The first kappa shape index (κ1) is 14.0. The van der Waals surface area contributed by atoms with Gasteiger partial charge in [-0.1, -0.05) is 6.42 Å². The minimum absolute atomic E-state index is 0.120.